The van der Waals surface area contributed by atoms with E-state index in [1.54, 1.807) is 0 Å². The fourth-order valence-corrected chi connectivity index (χ4v) is 3.18. The molecule has 24 heavy (non-hydrogen) atoms. The lowest BCUT2D eigenvalue weighted by Crippen LogP contribution is -2.42. The van der Waals surface area contributed by atoms with E-state index in [4.69, 9.17) is 4.74 Å². The van der Waals surface area contributed by atoms with Gasteiger partial charge in [-0.05, 0) is 42.7 Å². The highest BCUT2D eigenvalue weighted by molar-refractivity contribution is 5.32. The van der Waals surface area contributed by atoms with Gasteiger partial charge in [-0.15, -0.1) is 0 Å². The molecule has 0 unspecified atom stereocenters. The average molecular weight is 324 g/mol. The minimum atomic E-state index is 0.723. The van der Waals surface area contributed by atoms with Gasteiger partial charge in [-0.1, -0.05) is 35.9 Å². The first-order valence-electron chi connectivity index (χ1n) is 8.92. The van der Waals surface area contributed by atoms with Crippen molar-refractivity contribution in [1.82, 2.24) is 10.2 Å². The van der Waals surface area contributed by atoms with Gasteiger partial charge in [0.2, 0.25) is 0 Å². The lowest BCUT2D eigenvalue weighted by molar-refractivity contribution is 0.233. The summed E-state index contributed by atoms with van der Waals surface area (Å²) in [4.78, 5) is 2.52. The molecule has 0 bridgehead atoms. The highest BCUT2D eigenvalue weighted by Gasteiger charge is 2.10. The maximum atomic E-state index is 5.86. The van der Waals surface area contributed by atoms with Crippen LogP contribution in [0.4, 0.5) is 0 Å². The molecule has 0 aliphatic carbocycles. The van der Waals surface area contributed by atoms with E-state index in [1.165, 1.54) is 22.3 Å². The van der Waals surface area contributed by atoms with E-state index in [0.717, 1.165) is 51.5 Å². The zero-order chi connectivity index (χ0) is 16.8. The normalized spacial score (nSPS) is 15.4. The van der Waals surface area contributed by atoms with Crippen LogP contribution in [0.3, 0.4) is 0 Å². The van der Waals surface area contributed by atoms with Crippen LogP contribution in [0, 0.1) is 13.8 Å². The minimum Gasteiger partial charge on any atom is -0.493 e. The van der Waals surface area contributed by atoms with Crippen molar-refractivity contribution in [2.75, 3.05) is 32.8 Å². The fraction of sp³-hybridized carbons (Fsp3) is 0.429. The summed E-state index contributed by atoms with van der Waals surface area (Å²) in [6, 6.07) is 15.1. The second-order valence-electron chi connectivity index (χ2n) is 6.70. The van der Waals surface area contributed by atoms with E-state index in [1.807, 2.05) is 12.1 Å². The molecule has 1 aliphatic heterocycles. The molecule has 3 rings (SSSR count). The minimum absolute atomic E-state index is 0.723. The molecule has 1 N–H and O–H groups in total. The molecule has 1 aliphatic rings. The van der Waals surface area contributed by atoms with E-state index < -0.39 is 0 Å². The molecule has 2 aromatic carbocycles. The molecule has 0 radical (unpaired) electrons. The van der Waals surface area contributed by atoms with Crippen LogP contribution in [0.2, 0.25) is 0 Å². The highest BCUT2D eigenvalue weighted by atomic mass is 16.5. The molecule has 1 heterocycles. The molecule has 1 fully saturated rings. The van der Waals surface area contributed by atoms with Crippen LogP contribution in [0.1, 0.15) is 22.3 Å². The summed E-state index contributed by atoms with van der Waals surface area (Å²) >= 11 is 0. The highest BCUT2D eigenvalue weighted by Crippen LogP contribution is 2.16. The monoisotopic (exact) mass is 324 g/mol. The maximum absolute atomic E-state index is 5.86. The van der Waals surface area contributed by atoms with E-state index >= 15 is 0 Å². The van der Waals surface area contributed by atoms with Crippen molar-refractivity contribution in [2.45, 2.75) is 26.8 Å². The Balaban J connectivity index is 1.51. The molecule has 0 atom stereocenters. The zero-order valence-electron chi connectivity index (χ0n) is 14.8. The molecule has 0 saturated carbocycles. The summed E-state index contributed by atoms with van der Waals surface area (Å²) in [6.07, 6.45) is 0.952. The van der Waals surface area contributed by atoms with E-state index in [2.05, 4.69) is 54.4 Å². The fourth-order valence-electron chi connectivity index (χ4n) is 3.18. The summed E-state index contributed by atoms with van der Waals surface area (Å²) in [5, 5.41) is 3.41. The van der Waals surface area contributed by atoms with Crippen LogP contribution < -0.4 is 10.1 Å². The summed E-state index contributed by atoms with van der Waals surface area (Å²) in [6.45, 7) is 10.6. The van der Waals surface area contributed by atoms with Gasteiger partial charge in [0.1, 0.15) is 5.75 Å². The molecule has 3 heteroatoms. The summed E-state index contributed by atoms with van der Waals surface area (Å²) < 4.78 is 5.86. The standard InChI is InChI=1S/C21H28N2O/c1-17-3-7-21(8-4-17)24-14-9-20-6-5-19(15-18(20)2)16-23-12-10-22-11-13-23/h3-8,15,22H,9-14,16H2,1-2H3. The molecule has 2 aromatic rings. The Kier molecular flexibility index (Phi) is 5.89. The first-order chi connectivity index (χ1) is 11.7. The Bertz CT molecular complexity index is 645. The van der Waals surface area contributed by atoms with Gasteiger partial charge < -0.3 is 10.1 Å². The molecule has 128 valence electrons. The number of piperazine rings is 1. The molecular weight excluding hydrogens is 296 g/mol. The van der Waals surface area contributed by atoms with Crippen LogP contribution in [-0.2, 0) is 13.0 Å². The van der Waals surface area contributed by atoms with Crippen molar-refractivity contribution >= 4 is 0 Å². The number of hydrogen-bond acceptors (Lipinski definition) is 3. The van der Waals surface area contributed by atoms with Gasteiger partial charge >= 0.3 is 0 Å². The summed E-state index contributed by atoms with van der Waals surface area (Å²) in [7, 11) is 0. The molecule has 0 aromatic heterocycles. The van der Waals surface area contributed by atoms with E-state index in [-0.39, 0.29) is 0 Å². The van der Waals surface area contributed by atoms with Gasteiger partial charge in [0, 0.05) is 39.1 Å². The van der Waals surface area contributed by atoms with Gasteiger partial charge in [-0.3, -0.25) is 4.90 Å². The first kappa shape index (κ1) is 17.0. The zero-order valence-corrected chi connectivity index (χ0v) is 14.8. The predicted molar refractivity (Wildman–Crippen MR) is 99.7 cm³/mol. The van der Waals surface area contributed by atoms with Crippen molar-refractivity contribution in [2.24, 2.45) is 0 Å². The largest absolute Gasteiger partial charge is 0.493 e. The average Bonchev–Trinajstić information content (AvgIpc) is 2.59. The Labute approximate surface area is 145 Å². The number of nitrogens with zero attached hydrogens (tertiary/aromatic N) is 1. The quantitative estimate of drug-likeness (QED) is 0.882. The predicted octanol–water partition coefficient (Wildman–Crippen LogP) is 3.33. The second kappa shape index (κ2) is 8.32. The molecule has 0 amide bonds. The van der Waals surface area contributed by atoms with Gasteiger partial charge in [0.25, 0.3) is 0 Å². The number of nitrogens with one attached hydrogen (secondary N) is 1. The first-order valence-corrected chi connectivity index (χ1v) is 8.92. The van der Waals surface area contributed by atoms with Crippen LogP contribution in [0.15, 0.2) is 42.5 Å². The van der Waals surface area contributed by atoms with Gasteiger partial charge in [-0.2, -0.15) is 0 Å². The van der Waals surface area contributed by atoms with Crippen molar-refractivity contribution in [3.8, 4) is 5.75 Å². The lowest BCUT2D eigenvalue weighted by atomic mass is 10.0. The Hall–Kier alpha value is -1.84. The number of benzene rings is 2. The number of aryl methyl sites for hydroxylation is 2. The Morgan fingerprint density at radius 1 is 1.00 bits per heavy atom. The van der Waals surface area contributed by atoms with Crippen molar-refractivity contribution in [3.05, 3.63) is 64.7 Å². The smallest absolute Gasteiger partial charge is 0.119 e. The SMILES string of the molecule is Cc1ccc(OCCc2ccc(CN3CCNCC3)cc2C)cc1. The number of hydrogen-bond donors (Lipinski definition) is 1. The van der Waals surface area contributed by atoms with Crippen LogP contribution in [-0.4, -0.2) is 37.7 Å². The van der Waals surface area contributed by atoms with Gasteiger partial charge in [0.15, 0.2) is 0 Å². The molecule has 0 spiro atoms. The third kappa shape index (κ3) is 4.83. The summed E-state index contributed by atoms with van der Waals surface area (Å²) in [5.41, 5.74) is 5.43. The third-order valence-electron chi connectivity index (χ3n) is 4.68. The van der Waals surface area contributed by atoms with Crippen molar-refractivity contribution < 1.29 is 4.74 Å². The van der Waals surface area contributed by atoms with Gasteiger partial charge in [0.05, 0.1) is 6.61 Å². The molecule has 3 nitrogen and oxygen atoms in total. The molecule has 1 saturated heterocycles. The van der Waals surface area contributed by atoms with Crippen LogP contribution in [0.25, 0.3) is 0 Å². The number of rotatable bonds is 6. The second-order valence-corrected chi connectivity index (χ2v) is 6.70. The summed E-state index contributed by atoms with van der Waals surface area (Å²) in [5.74, 6) is 0.952. The molecular formula is C21H28N2O. The van der Waals surface area contributed by atoms with Crippen LogP contribution in [0.5, 0.6) is 5.75 Å². The van der Waals surface area contributed by atoms with Crippen molar-refractivity contribution in [1.29, 1.82) is 0 Å². The number of ether oxygens (including phenoxy) is 1. The van der Waals surface area contributed by atoms with E-state index in [9.17, 15) is 0 Å². The van der Waals surface area contributed by atoms with Gasteiger partial charge in [-0.25, -0.2) is 0 Å². The Morgan fingerprint density at radius 2 is 1.75 bits per heavy atom. The lowest BCUT2D eigenvalue weighted by Gasteiger charge is -2.27. The topological polar surface area (TPSA) is 24.5 Å². The Morgan fingerprint density at radius 3 is 2.46 bits per heavy atom. The third-order valence-corrected chi connectivity index (χ3v) is 4.68. The van der Waals surface area contributed by atoms with Crippen LogP contribution >= 0.6 is 0 Å². The van der Waals surface area contributed by atoms with E-state index in [0.29, 0.717) is 0 Å². The maximum Gasteiger partial charge on any atom is 0.119 e. The van der Waals surface area contributed by atoms with Crippen molar-refractivity contribution in [3.63, 3.8) is 0 Å².